The molecule has 1 aliphatic carbocycles. The number of carbonyl (C=O) groups excluding carboxylic acids is 2. The molecule has 0 spiro atoms. The first-order chi connectivity index (χ1) is 22.1. The van der Waals surface area contributed by atoms with Crippen LogP contribution >= 0.6 is 0 Å². The molecule has 8 rings (SSSR count). The number of aromatic nitrogens is 2. The minimum absolute atomic E-state index is 0.000982. The molecule has 10 heteroatoms. The third-order valence-corrected chi connectivity index (χ3v) is 9.96. The van der Waals surface area contributed by atoms with E-state index in [9.17, 15) is 9.59 Å². The summed E-state index contributed by atoms with van der Waals surface area (Å²) >= 11 is 0. The standard InChI is InChI=1S/C35H35N5O5/c1-43-35(42)38-18-17-23(19-30(38)31-27-13-7-5-11-25(27)26-12-6-8-14-28(26)31)33-36-32(37-45-33)29-16-15-24-20-39(29)34(41)40(24)44-21-22-9-3-2-4-10-22/h2-14,23-24,29-31H,15-21H2,1H3/t23?,24-,29+,30?/m1/s1. The van der Waals surface area contributed by atoms with Crippen LogP contribution < -0.4 is 0 Å². The van der Waals surface area contributed by atoms with Crippen LogP contribution in [0.1, 0.15) is 72.0 Å². The molecule has 3 aromatic carbocycles. The zero-order valence-electron chi connectivity index (χ0n) is 25.1. The van der Waals surface area contributed by atoms with Gasteiger partial charge < -0.3 is 19.1 Å². The van der Waals surface area contributed by atoms with Gasteiger partial charge in [-0.3, -0.25) is 4.84 Å². The van der Waals surface area contributed by atoms with E-state index in [4.69, 9.17) is 19.1 Å². The number of nitrogens with zero attached hydrogens (tertiary/aromatic N) is 5. The van der Waals surface area contributed by atoms with E-state index in [-0.39, 0.29) is 42.1 Å². The Morgan fingerprint density at radius 2 is 1.64 bits per heavy atom. The van der Waals surface area contributed by atoms with Gasteiger partial charge in [0.1, 0.15) is 6.61 Å². The van der Waals surface area contributed by atoms with Gasteiger partial charge in [-0.15, -0.1) is 0 Å². The molecule has 0 radical (unpaired) electrons. The molecule has 4 atom stereocenters. The topological polar surface area (TPSA) is 101 Å². The summed E-state index contributed by atoms with van der Waals surface area (Å²) in [6.07, 6.45) is 2.54. The zero-order chi connectivity index (χ0) is 30.5. The minimum atomic E-state index is -0.324. The smallest absolute Gasteiger partial charge is 0.409 e. The highest BCUT2D eigenvalue weighted by Crippen LogP contribution is 2.50. The fourth-order valence-electron chi connectivity index (χ4n) is 7.82. The van der Waals surface area contributed by atoms with Crippen LogP contribution in [0.3, 0.4) is 0 Å². The third kappa shape index (κ3) is 4.75. The number of methoxy groups -OCH3 is 1. The second kappa shape index (κ2) is 11.3. The molecular formula is C35H35N5O5. The van der Waals surface area contributed by atoms with Gasteiger partial charge in [0.2, 0.25) is 5.89 Å². The molecular weight excluding hydrogens is 570 g/mol. The molecule has 1 aromatic heterocycles. The second-order valence-corrected chi connectivity index (χ2v) is 12.4. The van der Waals surface area contributed by atoms with Gasteiger partial charge in [-0.25, -0.2) is 9.59 Å². The molecule has 4 aromatic rings. The van der Waals surface area contributed by atoms with Crippen molar-refractivity contribution in [3.63, 3.8) is 0 Å². The number of hydrogen-bond donors (Lipinski definition) is 0. The molecule has 45 heavy (non-hydrogen) atoms. The van der Waals surface area contributed by atoms with E-state index in [0.29, 0.717) is 44.3 Å². The van der Waals surface area contributed by atoms with E-state index >= 15 is 0 Å². The van der Waals surface area contributed by atoms with E-state index in [1.807, 2.05) is 40.1 Å². The van der Waals surface area contributed by atoms with Gasteiger partial charge >= 0.3 is 12.1 Å². The first kappa shape index (κ1) is 27.8. The number of hydroxylamine groups is 2. The Hall–Kier alpha value is -4.70. The van der Waals surface area contributed by atoms with Crippen molar-refractivity contribution in [3.8, 4) is 11.1 Å². The van der Waals surface area contributed by atoms with E-state index in [1.165, 1.54) is 34.4 Å². The molecule has 4 aliphatic rings. The third-order valence-electron chi connectivity index (χ3n) is 9.96. The number of fused-ring (bicyclic) bond motifs is 5. The molecule has 0 saturated carbocycles. The number of carbonyl (C=O) groups is 2. The lowest BCUT2D eigenvalue weighted by molar-refractivity contribution is -0.140. The SMILES string of the molecule is COC(=O)N1CCC(c2nc([C@@H]3CC[C@@H]4CN3C(=O)N4OCc3ccccc3)no2)CC1C1c2ccccc2-c2ccccc21. The summed E-state index contributed by atoms with van der Waals surface area (Å²) < 4.78 is 11.2. The maximum atomic E-state index is 13.4. The average molecular weight is 606 g/mol. The van der Waals surface area contributed by atoms with Crippen LogP contribution in [-0.4, -0.2) is 69.4 Å². The number of urea groups is 1. The Balaban J connectivity index is 1.03. The molecule has 230 valence electrons. The molecule has 3 amide bonds. The maximum Gasteiger partial charge on any atom is 0.409 e. The molecule has 0 N–H and O–H groups in total. The molecule has 2 unspecified atom stereocenters. The first-order valence-electron chi connectivity index (χ1n) is 15.7. The van der Waals surface area contributed by atoms with E-state index in [2.05, 4.69) is 53.7 Å². The predicted molar refractivity (Wildman–Crippen MR) is 164 cm³/mol. The summed E-state index contributed by atoms with van der Waals surface area (Å²) in [6.45, 7) is 1.43. The molecule has 10 nitrogen and oxygen atoms in total. The van der Waals surface area contributed by atoms with Crippen molar-refractivity contribution in [2.24, 2.45) is 0 Å². The van der Waals surface area contributed by atoms with Gasteiger partial charge in [0.05, 0.1) is 19.2 Å². The van der Waals surface area contributed by atoms with Crippen molar-refractivity contribution in [1.29, 1.82) is 0 Å². The normalized spacial score (nSPS) is 24.1. The number of hydrogen-bond acceptors (Lipinski definition) is 7. The average Bonchev–Trinajstić information content (AvgIpc) is 3.78. The van der Waals surface area contributed by atoms with Crippen LogP contribution in [-0.2, 0) is 16.2 Å². The molecule has 3 fully saturated rings. The largest absolute Gasteiger partial charge is 0.453 e. The molecule has 4 heterocycles. The summed E-state index contributed by atoms with van der Waals surface area (Å²) in [5.74, 6) is 1.06. The number of rotatable bonds is 6. The van der Waals surface area contributed by atoms with Crippen molar-refractivity contribution >= 4 is 12.1 Å². The number of ether oxygens (including phenoxy) is 1. The van der Waals surface area contributed by atoms with Crippen molar-refractivity contribution in [2.75, 3.05) is 20.2 Å². The van der Waals surface area contributed by atoms with Crippen LogP contribution in [0.4, 0.5) is 9.59 Å². The molecule has 3 saturated heterocycles. The van der Waals surface area contributed by atoms with Crippen molar-refractivity contribution < 1.29 is 23.7 Å². The summed E-state index contributed by atoms with van der Waals surface area (Å²) in [4.78, 5) is 41.0. The highest BCUT2D eigenvalue weighted by Gasteiger charge is 2.48. The van der Waals surface area contributed by atoms with Gasteiger partial charge in [-0.2, -0.15) is 10.0 Å². The van der Waals surface area contributed by atoms with Gasteiger partial charge in [0.15, 0.2) is 5.82 Å². The second-order valence-electron chi connectivity index (χ2n) is 12.4. The quantitative estimate of drug-likeness (QED) is 0.255. The van der Waals surface area contributed by atoms with Gasteiger partial charge in [-0.05, 0) is 53.5 Å². The Morgan fingerprint density at radius 3 is 2.38 bits per heavy atom. The fourth-order valence-corrected chi connectivity index (χ4v) is 7.82. The van der Waals surface area contributed by atoms with Gasteiger partial charge in [0, 0.05) is 31.0 Å². The van der Waals surface area contributed by atoms with Crippen LogP contribution in [0.2, 0.25) is 0 Å². The monoisotopic (exact) mass is 605 g/mol. The number of likely N-dealkylation sites (tertiary alicyclic amines) is 1. The highest BCUT2D eigenvalue weighted by molar-refractivity contribution is 5.80. The number of benzene rings is 3. The number of amides is 3. The van der Waals surface area contributed by atoms with E-state index < -0.39 is 0 Å². The summed E-state index contributed by atoms with van der Waals surface area (Å²) in [7, 11) is 1.44. The first-order valence-corrected chi connectivity index (χ1v) is 15.7. The maximum absolute atomic E-state index is 13.4. The molecule has 2 bridgehead atoms. The van der Waals surface area contributed by atoms with Gasteiger partial charge in [0.25, 0.3) is 0 Å². The van der Waals surface area contributed by atoms with Crippen molar-refractivity contribution in [1.82, 2.24) is 25.0 Å². The van der Waals surface area contributed by atoms with Crippen LogP contribution in [0.5, 0.6) is 0 Å². The zero-order valence-corrected chi connectivity index (χ0v) is 25.1. The van der Waals surface area contributed by atoms with Gasteiger partial charge in [-0.1, -0.05) is 84.0 Å². The van der Waals surface area contributed by atoms with Crippen LogP contribution in [0.25, 0.3) is 11.1 Å². The Bertz CT molecular complexity index is 1680. The summed E-state index contributed by atoms with van der Waals surface area (Å²) in [5, 5.41) is 5.93. The van der Waals surface area contributed by atoms with Crippen molar-refractivity contribution in [3.05, 3.63) is 107 Å². The summed E-state index contributed by atoms with van der Waals surface area (Å²) in [6, 6.07) is 26.2. The predicted octanol–water partition coefficient (Wildman–Crippen LogP) is 6.27. The Labute approximate surface area is 261 Å². The lowest BCUT2D eigenvalue weighted by Gasteiger charge is -2.41. The number of piperidine rings is 2. The highest BCUT2D eigenvalue weighted by atomic mass is 16.7. The van der Waals surface area contributed by atoms with E-state index in [1.54, 1.807) is 0 Å². The lowest BCUT2D eigenvalue weighted by atomic mass is 9.79. The minimum Gasteiger partial charge on any atom is -0.453 e. The van der Waals surface area contributed by atoms with Crippen molar-refractivity contribution in [2.45, 2.75) is 62.3 Å². The fraction of sp³-hybridized carbons (Fsp3) is 0.371. The summed E-state index contributed by atoms with van der Waals surface area (Å²) in [5.41, 5.74) is 5.86. The lowest BCUT2D eigenvalue weighted by Crippen LogP contribution is -2.48. The Kier molecular flexibility index (Phi) is 7.01. The van der Waals surface area contributed by atoms with E-state index in [0.717, 1.165) is 18.4 Å². The Morgan fingerprint density at radius 1 is 0.933 bits per heavy atom. The van der Waals surface area contributed by atoms with Crippen LogP contribution in [0, 0.1) is 0 Å². The molecule has 3 aliphatic heterocycles. The van der Waals surface area contributed by atoms with Crippen LogP contribution in [0.15, 0.2) is 83.4 Å².